The van der Waals surface area contributed by atoms with Crippen molar-refractivity contribution in [3.05, 3.63) is 58.7 Å². The molecule has 0 aromatic heterocycles. The maximum atomic E-state index is 12.3. The van der Waals surface area contributed by atoms with E-state index in [1.165, 1.54) is 17.5 Å². The molecular formula is C17H18N2O. The van der Waals surface area contributed by atoms with Crippen molar-refractivity contribution in [3.63, 3.8) is 0 Å². The van der Waals surface area contributed by atoms with Gasteiger partial charge in [-0.3, -0.25) is 4.79 Å². The molecule has 1 aliphatic rings. The number of rotatable bonds is 2. The van der Waals surface area contributed by atoms with Gasteiger partial charge in [0.25, 0.3) is 5.91 Å². The van der Waals surface area contributed by atoms with Crippen LogP contribution in [0.3, 0.4) is 0 Å². The normalized spacial score (nSPS) is 13.1. The van der Waals surface area contributed by atoms with Gasteiger partial charge in [0.2, 0.25) is 0 Å². The van der Waals surface area contributed by atoms with Gasteiger partial charge in [-0.15, -0.1) is 0 Å². The van der Waals surface area contributed by atoms with Crippen LogP contribution < -0.4 is 11.1 Å². The third-order valence-electron chi connectivity index (χ3n) is 3.82. The third kappa shape index (κ3) is 2.39. The second kappa shape index (κ2) is 5.00. The van der Waals surface area contributed by atoms with Gasteiger partial charge in [0.1, 0.15) is 0 Å². The SMILES string of the molecule is Cc1ccc(NC(=O)c2ccc3c(c2)CCC3)c(N)c1. The first-order chi connectivity index (χ1) is 9.63. The zero-order chi connectivity index (χ0) is 14.1. The van der Waals surface area contributed by atoms with Crippen LogP contribution in [0.25, 0.3) is 0 Å². The summed E-state index contributed by atoms with van der Waals surface area (Å²) in [6.45, 7) is 1.97. The fourth-order valence-electron chi connectivity index (χ4n) is 2.70. The number of amides is 1. The smallest absolute Gasteiger partial charge is 0.255 e. The Labute approximate surface area is 118 Å². The van der Waals surface area contributed by atoms with Crippen molar-refractivity contribution in [1.82, 2.24) is 0 Å². The van der Waals surface area contributed by atoms with Crippen LogP contribution >= 0.6 is 0 Å². The molecule has 0 bridgehead atoms. The lowest BCUT2D eigenvalue weighted by Gasteiger charge is -2.10. The maximum absolute atomic E-state index is 12.3. The van der Waals surface area contributed by atoms with Gasteiger partial charge in [-0.05, 0) is 67.1 Å². The molecule has 1 amide bonds. The Kier molecular flexibility index (Phi) is 3.18. The fraction of sp³-hybridized carbons (Fsp3) is 0.235. The molecule has 3 heteroatoms. The molecule has 0 radical (unpaired) electrons. The quantitative estimate of drug-likeness (QED) is 0.819. The summed E-state index contributed by atoms with van der Waals surface area (Å²) in [6.07, 6.45) is 3.39. The molecule has 20 heavy (non-hydrogen) atoms. The molecule has 0 saturated carbocycles. The number of nitrogen functional groups attached to an aromatic ring is 1. The van der Waals surface area contributed by atoms with Crippen molar-refractivity contribution in [3.8, 4) is 0 Å². The minimum atomic E-state index is -0.102. The van der Waals surface area contributed by atoms with Crippen LogP contribution in [0, 0.1) is 6.92 Å². The average Bonchev–Trinajstić information content (AvgIpc) is 2.89. The minimum Gasteiger partial charge on any atom is -0.397 e. The molecule has 2 aromatic carbocycles. The van der Waals surface area contributed by atoms with E-state index in [1.54, 1.807) is 0 Å². The van der Waals surface area contributed by atoms with Crippen molar-refractivity contribution in [2.75, 3.05) is 11.1 Å². The molecular weight excluding hydrogens is 248 g/mol. The highest BCUT2D eigenvalue weighted by Crippen LogP contribution is 2.24. The fourth-order valence-corrected chi connectivity index (χ4v) is 2.70. The van der Waals surface area contributed by atoms with Gasteiger partial charge in [-0.1, -0.05) is 12.1 Å². The number of carbonyl (C=O) groups excluding carboxylic acids is 1. The molecule has 0 atom stereocenters. The molecule has 0 fully saturated rings. The highest BCUT2D eigenvalue weighted by molar-refractivity contribution is 6.05. The summed E-state index contributed by atoms with van der Waals surface area (Å²) in [6, 6.07) is 11.6. The zero-order valence-corrected chi connectivity index (χ0v) is 11.6. The maximum Gasteiger partial charge on any atom is 0.255 e. The van der Waals surface area contributed by atoms with Gasteiger partial charge < -0.3 is 11.1 Å². The summed E-state index contributed by atoms with van der Waals surface area (Å²) in [5.41, 5.74) is 11.6. The molecule has 3 N–H and O–H groups in total. The van der Waals surface area contributed by atoms with E-state index in [4.69, 9.17) is 5.73 Å². The number of hydrogen-bond acceptors (Lipinski definition) is 2. The molecule has 2 aromatic rings. The Hall–Kier alpha value is -2.29. The van der Waals surface area contributed by atoms with E-state index in [9.17, 15) is 4.79 Å². The first kappa shape index (κ1) is 12.7. The standard InChI is InChI=1S/C17H18N2O/c1-11-5-8-16(15(18)9-11)19-17(20)14-7-6-12-3-2-4-13(12)10-14/h5-10H,2-4,18H2,1H3,(H,19,20). The number of benzene rings is 2. The molecule has 3 rings (SSSR count). The Morgan fingerprint density at radius 2 is 1.90 bits per heavy atom. The lowest BCUT2D eigenvalue weighted by molar-refractivity contribution is 0.102. The molecule has 1 aliphatic carbocycles. The van der Waals surface area contributed by atoms with Crippen LogP contribution in [0.2, 0.25) is 0 Å². The summed E-state index contributed by atoms with van der Waals surface area (Å²) in [5, 5.41) is 2.88. The number of carbonyl (C=O) groups is 1. The summed E-state index contributed by atoms with van der Waals surface area (Å²) >= 11 is 0. The molecule has 0 aliphatic heterocycles. The van der Waals surface area contributed by atoms with Crippen molar-refractivity contribution < 1.29 is 4.79 Å². The summed E-state index contributed by atoms with van der Waals surface area (Å²) in [4.78, 5) is 12.3. The van der Waals surface area contributed by atoms with Crippen LogP contribution in [-0.4, -0.2) is 5.91 Å². The number of aryl methyl sites for hydroxylation is 3. The summed E-state index contributed by atoms with van der Waals surface area (Å²) < 4.78 is 0. The van der Waals surface area contributed by atoms with Gasteiger partial charge >= 0.3 is 0 Å². The van der Waals surface area contributed by atoms with E-state index < -0.39 is 0 Å². The molecule has 0 spiro atoms. The number of nitrogens with one attached hydrogen (secondary N) is 1. The first-order valence-corrected chi connectivity index (χ1v) is 6.93. The summed E-state index contributed by atoms with van der Waals surface area (Å²) in [7, 11) is 0. The molecule has 0 heterocycles. The largest absolute Gasteiger partial charge is 0.397 e. The highest BCUT2D eigenvalue weighted by Gasteiger charge is 2.14. The van der Waals surface area contributed by atoms with Crippen LogP contribution in [-0.2, 0) is 12.8 Å². The van der Waals surface area contributed by atoms with E-state index in [0.717, 1.165) is 18.4 Å². The van der Waals surface area contributed by atoms with Crippen LogP contribution in [0.15, 0.2) is 36.4 Å². The van der Waals surface area contributed by atoms with E-state index in [2.05, 4.69) is 11.4 Å². The lowest BCUT2D eigenvalue weighted by Crippen LogP contribution is -2.13. The number of nitrogens with two attached hydrogens (primary N) is 1. The minimum absolute atomic E-state index is 0.102. The van der Waals surface area contributed by atoms with Gasteiger partial charge in [0.05, 0.1) is 11.4 Å². The predicted octanol–water partition coefficient (Wildman–Crippen LogP) is 3.32. The van der Waals surface area contributed by atoms with Gasteiger partial charge in [-0.25, -0.2) is 0 Å². The molecule has 102 valence electrons. The number of anilines is 2. The van der Waals surface area contributed by atoms with Crippen molar-refractivity contribution in [1.29, 1.82) is 0 Å². The van der Waals surface area contributed by atoms with Gasteiger partial charge in [-0.2, -0.15) is 0 Å². The third-order valence-corrected chi connectivity index (χ3v) is 3.82. The Bertz CT molecular complexity index is 677. The van der Waals surface area contributed by atoms with Crippen molar-refractivity contribution >= 4 is 17.3 Å². The molecule has 0 unspecified atom stereocenters. The Morgan fingerprint density at radius 3 is 2.70 bits per heavy atom. The first-order valence-electron chi connectivity index (χ1n) is 6.93. The lowest BCUT2D eigenvalue weighted by atomic mass is 10.1. The number of hydrogen-bond donors (Lipinski definition) is 2. The van der Waals surface area contributed by atoms with Crippen molar-refractivity contribution in [2.45, 2.75) is 26.2 Å². The van der Waals surface area contributed by atoms with E-state index in [1.807, 2.05) is 37.3 Å². The van der Waals surface area contributed by atoms with Crippen LogP contribution in [0.1, 0.15) is 33.5 Å². The number of fused-ring (bicyclic) bond motifs is 1. The Morgan fingerprint density at radius 1 is 1.10 bits per heavy atom. The summed E-state index contributed by atoms with van der Waals surface area (Å²) in [5.74, 6) is -0.102. The van der Waals surface area contributed by atoms with Crippen LogP contribution in [0.4, 0.5) is 11.4 Å². The molecule has 0 saturated heterocycles. The van der Waals surface area contributed by atoms with Gasteiger partial charge in [0.15, 0.2) is 0 Å². The van der Waals surface area contributed by atoms with E-state index in [0.29, 0.717) is 16.9 Å². The topological polar surface area (TPSA) is 55.1 Å². The second-order valence-corrected chi connectivity index (χ2v) is 5.38. The van der Waals surface area contributed by atoms with Crippen molar-refractivity contribution in [2.24, 2.45) is 0 Å². The Balaban J connectivity index is 1.82. The monoisotopic (exact) mass is 266 g/mol. The second-order valence-electron chi connectivity index (χ2n) is 5.38. The predicted molar refractivity (Wildman–Crippen MR) is 82.0 cm³/mol. The van der Waals surface area contributed by atoms with E-state index in [-0.39, 0.29) is 5.91 Å². The average molecular weight is 266 g/mol. The highest BCUT2D eigenvalue weighted by atomic mass is 16.1. The van der Waals surface area contributed by atoms with E-state index >= 15 is 0 Å². The van der Waals surface area contributed by atoms with Crippen LogP contribution in [0.5, 0.6) is 0 Å². The van der Waals surface area contributed by atoms with Gasteiger partial charge in [0, 0.05) is 5.56 Å². The zero-order valence-electron chi connectivity index (χ0n) is 11.6. The molecule has 3 nitrogen and oxygen atoms in total.